The maximum Gasteiger partial charge on any atom is 0.244 e. The molecule has 1 amide bonds. The molecule has 0 atom stereocenters. The van der Waals surface area contributed by atoms with Crippen LogP contribution in [0.15, 0.2) is 57.6 Å². The highest BCUT2D eigenvalue weighted by atomic mass is 79.9. The summed E-state index contributed by atoms with van der Waals surface area (Å²) >= 11 is 3.52. The van der Waals surface area contributed by atoms with Crippen molar-refractivity contribution in [2.45, 2.75) is 20.3 Å². The van der Waals surface area contributed by atoms with E-state index in [1.165, 1.54) is 0 Å². The Morgan fingerprint density at radius 1 is 1.30 bits per heavy atom. The molecule has 1 N–H and O–H groups in total. The molecule has 2 aromatic carbocycles. The number of amides is 1. The van der Waals surface area contributed by atoms with E-state index in [1.807, 2.05) is 44.2 Å². The third-order valence-corrected chi connectivity index (χ3v) is 4.85. The number of nitrogens with one attached hydrogen (secondary N) is 1. The number of rotatable bonds is 6. The third kappa shape index (κ3) is 4.25. The van der Waals surface area contributed by atoms with Gasteiger partial charge in [-0.1, -0.05) is 35.0 Å². The van der Waals surface area contributed by atoms with Gasteiger partial charge in [0.1, 0.15) is 11.3 Å². The van der Waals surface area contributed by atoms with Gasteiger partial charge in [-0.15, -0.1) is 0 Å². The lowest BCUT2D eigenvalue weighted by molar-refractivity contribution is -0.116. The van der Waals surface area contributed by atoms with Crippen molar-refractivity contribution in [1.82, 2.24) is 5.32 Å². The van der Waals surface area contributed by atoms with Gasteiger partial charge in [-0.2, -0.15) is 0 Å². The lowest BCUT2D eigenvalue weighted by Gasteiger charge is -2.10. The first kappa shape index (κ1) is 19.2. The van der Waals surface area contributed by atoms with E-state index < -0.39 is 0 Å². The number of methoxy groups -OCH3 is 1. The van der Waals surface area contributed by atoms with Gasteiger partial charge in [0, 0.05) is 39.7 Å². The molecule has 0 spiro atoms. The maximum absolute atomic E-state index is 12.1. The van der Waals surface area contributed by atoms with Gasteiger partial charge in [-0.05, 0) is 42.7 Å². The quantitative estimate of drug-likeness (QED) is 0.505. The lowest BCUT2D eigenvalue weighted by atomic mass is 9.99. The molecule has 140 valence electrons. The molecule has 0 saturated heterocycles. The summed E-state index contributed by atoms with van der Waals surface area (Å²) in [6, 6.07) is 12.0. The van der Waals surface area contributed by atoms with Crippen molar-refractivity contribution in [3.05, 3.63) is 58.8 Å². The molecule has 3 aromatic rings. The topological polar surface area (TPSA) is 51.5 Å². The number of ether oxygens (including phenoxy) is 1. The predicted molar refractivity (Wildman–Crippen MR) is 113 cm³/mol. The molecule has 5 heteroatoms. The van der Waals surface area contributed by atoms with Crippen LogP contribution >= 0.6 is 15.9 Å². The number of benzene rings is 2. The van der Waals surface area contributed by atoms with Gasteiger partial charge in [0.15, 0.2) is 0 Å². The van der Waals surface area contributed by atoms with Crippen LogP contribution in [0, 0.1) is 0 Å². The van der Waals surface area contributed by atoms with Crippen molar-refractivity contribution in [3.8, 4) is 16.9 Å². The van der Waals surface area contributed by atoms with Gasteiger partial charge in [-0.25, -0.2) is 0 Å². The van der Waals surface area contributed by atoms with Crippen LogP contribution in [0.5, 0.6) is 5.75 Å². The predicted octanol–water partition coefficient (Wildman–Crippen LogP) is 5.80. The summed E-state index contributed by atoms with van der Waals surface area (Å²) in [5.41, 5.74) is 4.51. The number of hydrogen-bond acceptors (Lipinski definition) is 3. The second-order valence-electron chi connectivity index (χ2n) is 6.33. The minimum absolute atomic E-state index is 0.101. The van der Waals surface area contributed by atoms with Crippen LogP contribution in [-0.2, 0) is 4.79 Å². The zero-order chi connectivity index (χ0) is 19.4. The Kier molecular flexibility index (Phi) is 6.01. The summed E-state index contributed by atoms with van der Waals surface area (Å²) in [4.78, 5) is 12.1. The number of carbonyl (C=O) groups excluding carboxylic acids is 1. The Labute approximate surface area is 167 Å². The van der Waals surface area contributed by atoms with Crippen LogP contribution in [0.1, 0.15) is 25.8 Å². The third-order valence-electron chi connectivity index (χ3n) is 4.35. The average Bonchev–Trinajstić information content (AvgIpc) is 3.08. The summed E-state index contributed by atoms with van der Waals surface area (Å²) in [6.45, 7) is 4.60. The van der Waals surface area contributed by atoms with Crippen molar-refractivity contribution in [2.24, 2.45) is 0 Å². The van der Waals surface area contributed by atoms with Crippen molar-refractivity contribution in [1.29, 1.82) is 0 Å². The molecule has 0 aliphatic carbocycles. The summed E-state index contributed by atoms with van der Waals surface area (Å²) in [7, 11) is 1.62. The van der Waals surface area contributed by atoms with Crippen LogP contribution in [0.3, 0.4) is 0 Å². The molecule has 1 heterocycles. The van der Waals surface area contributed by atoms with E-state index in [0.29, 0.717) is 12.3 Å². The largest absolute Gasteiger partial charge is 0.496 e. The maximum atomic E-state index is 12.1. The molecule has 0 aliphatic rings. The number of carbonyl (C=O) groups is 1. The monoisotopic (exact) mass is 427 g/mol. The Bertz CT molecular complexity index is 1000. The zero-order valence-electron chi connectivity index (χ0n) is 15.6. The standard InChI is InChI=1S/C22H22BrNO3/c1-4-8-24-22(25)9-14(2)17-11-18-19(15-6-5-7-16(23)10-15)13-27-21(18)12-20(17)26-3/h5-7,9-13H,4,8H2,1-3H3,(H,24,25)/b14-9+. The summed E-state index contributed by atoms with van der Waals surface area (Å²) in [6.07, 6.45) is 4.26. The summed E-state index contributed by atoms with van der Waals surface area (Å²) in [5, 5.41) is 3.84. The Morgan fingerprint density at radius 3 is 2.81 bits per heavy atom. The molecule has 4 nitrogen and oxygen atoms in total. The molecule has 0 bridgehead atoms. The molecule has 27 heavy (non-hydrogen) atoms. The number of allylic oxidation sites excluding steroid dienone is 1. The van der Waals surface area contributed by atoms with E-state index in [2.05, 4.69) is 27.3 Å². The number of fused-ring (bicyclic) bond motifs is 1. The molecule has 3 rings (SSSR count). The highest BCUT2D eigenvalue weighted by molar-refractivity contribution is 9.10. The van der Waals surface area contributed by atoms with Gasteiger partial charge in [0.05, 0.1) is 13.4 Å². The minimum Gasteiger partial charge on any atom is -0.496 e. The van der Waals surface area contributed by atoms with E-state index in [4.69, 9.17) is 9.15 Å². The molecule has 0 saturated carbocycles. The highest BCUT2D eigenvalue weighted by Crippen LogP contribution is 2.37. The van der Waals surface area contributed by atoms with Gasteiger partial charge in [-0.3, -0.25) is 4.79 Å². The second-order valence-corrected chi connectivity index (χ2v) is 7.24. The number of hydrogen-bond donors (Lipinski definition) is 1. The molecular weight excluding hydrogens is 406 g/mol. The fourth-order valence-corrected chi connectivity index (χ4v) is 3.38. The molecule has 0 fully saturated rings. The van der Waals surface area contributed by atoms with E-state index in [0.717, 1.165) is 44.1 Å². The normalized spacial score (nSPS) is 11.6. The van der Waals surface area contributed by atoms with Gasteiger partial charge in [0.2, 0.25) is 5.91 Å². The number of furan rings is 1. The first-order valence-corrected chi connectivity index (χ1v) is 9.64. The molecule has 0 radical (unpaired) electrons. The smallest absolute Gasteiger partial charge is 0.244 e. The SMILES string of the molecule is CCCNC(=O)/C=C(\C)c1cc2c(-c3cccc(Br)c3)coc2cc1OC. The fourth-order valence-electron chi connectivity index (χ4n) is 2.99. The Morgan fingerprint density at radius 2 is 2.11 bits per heavy atom. The molecule has 0 aliphatic heterocycles. The summed E-state index contributed by atoms with van der Waals surface area (Å²) in [5.74, 6) is 0.575. The molecule has 0 unspecified atom stereocenters. The van der Waals surface area contributed by atoms with Crippen molar-refractivity contribution >= 4 is 38.4 Å². The highest BCUT2D eigenvalue weighted by Gasteiger charge is 2.15. The van der Waals surface area contributed by atoms with E-state index in [-0.39, 0.29) is 5.91 Å². The van der Waals surface area contributed by atoms with Crippen molar-refractivity contribution < 1.29 is 13.9 Å². The number of halogens is 1. The first-order chi connectivity index (χ1) is 13.0. The zero-order valence-corrected chi connectivity index (χ0v) is 17.2. The van der Waals surface area contributed by atoms with Crippen LogP contribution in [0.2, 0.25) is 0 Å². The lowest BCUT2D eigenvalue weighted by Crippen LogP contribution is -2.21. The first-order valence-electron chi connectivity index (χ1n) is 8.85. The summed E-state index contributed by atoms with van der Waals surface area (Å²) < 4.78 is 12.3. The van der Waals surface area contributed by atoms with Gasteiger partial charge < -0.3 is 14.5 Å². The minimum atomic E-state index is -0.101. The average molecular weight is 428 g/mol. The van der Waals surface area contributed by atoms with Crippen LogP contribution in [-0.4, -0.2) is 19.6 Å². The van der Waals surface area contributed by atoms with Crippen molar-refractivity contribution in [3.63, 3.8) is 0 Å². The van der Waals surface area contributed by atoms with E-state index >= 15 is 0 Å². The van der Waals surface area contributed by atoms with Crippen molar-refractivity contribution in [2.75, 3.05) is 13.7 Å². The van der Waals surface area contributed by atoms with Crippen LogP contribution in [0.25, 0.3) is 27.7 Å². The van der Waals surface area contributed by atoms with Gasteiger partial charge in [0.25, 0.3) is 0 Å². The second kappa shape index (κ2) is 8.44. The van der Waals surface area contributed by atoms with Crippen LogP contribution < -0.4 is 10.1 Å². The molecule has 1 aromatic heterocycles. The Balaban J connectivity index is 2.08. The van der Waals surface area contributed by atoms with E-state index in [9.17, 15) is 4.79 Å². The Hall–Kier alpha value is -2.53. The fraction of sp³-hybridized carbons (Fsp3) is 0.227. The van der Waals surface area contributed by atoms with E-state index in [1.54, 1.807) is 19.4 Å². The molecular formula is C22H22BrNO3. The van der Waals surface area contributed by atoms with Gasteiger partial charge >= 0.3 is 0 Å². The van der Waals surface area contributed by atoms with Crippen LogP contribution in [0.4, 0.5) is 0 Å².